The minimum atomic E-state index is -0.0858. The molecule has 0 N–H and O–H groups in total. The zero-order chi connectivity index (χ0) is 22.3. The first-order valence-corrected chi connectivity index (χ1v) is 12.2. The van der Waals surface area contributed by atoms with Crippen molar-refractivity contribution in [3.05, 3.63) is 40.6 Å². The van der Waals surface area contributed by atoms with Crippen molar-refractivity contribution in [1.29, 1.82) is 0 Å². The number of ether oxygens (including phenoxy) is 3. The lowest BCUT2D eigenvalue weighted by atomic mass is 10.3. The molecule has 0 unspecified atom stereocenters. The number of thiophene rings is 1. The highest BCUT2D eigenvalue weighted by Crippen LogP contribution is 2.40. The quantitative estimate of drug-likeness (QED) is 0.435. The fourth-order valence-corrected chi connectivity index (χ4v) is 5.32. The summed E-state index contributed by atoms with van der Waals surface area (Å²) in [5.74, 6) is 1.30. The number of morpholine rings is 1. The summed E-state index contributed by atoms with van der Waals surface area (Å²) in [4.78, 5) is 23.2. The Balaban J connectivity index is 1.59. The molecule has 1 aromatic carbocycles. The molecule has 1 aliphatic heterocycles. The Labute approximate surface area is 195 Å². The predicted octanol–water partition coefficient (Wildman–Crippen LogP) is 4.14. The van der Waals surface area contributed by atoms with Crippen molar-refractivity contribution in [1.82, 2.24) is 9.88 Å². The number of aromatic nitrogens is 1. The van der Waals surface area contributed by atoms with Crippen LogP contribution in [-0.2, 0) is 9.53 Å². The second-order valence-electron chi connectivity index (χ2n) is 7.29. The summed E-state index contributed by atoms with van der Waals surface area (Å²) >= 11 is 3.05. The number of hydrogen-bond acceptors (Lipinski definition) is 8. The Bertz CT molecular complexity index is 1020. The van der Waals surface area contributed by atoms with Crippen molar-refractivity contribution in [3.8, 4) is 11.5 Å². The van der Waals surface area contributed by atoms with Gasteiger partial charge in [-0.3, -0.25) is 14.6 Å². The van der Waals surface area contributed by atoms with Gasteiger partial charge in [0.25, 0.3) is 5.91 Å². The van der Waals surface area contributed by atoms with E-state index in [1.807, 2.05) is 35.7 Å². The van der Waals surface area contributed by atoms with Crippen LogP contribution in [0, 0.1) is 0 Å². The molecule has 9 heteroatoms. The number of rotatable bonds is 9. The number of thiazole rings is 1. The van der Waals surface area contributed by atoms with Gasteiger partial charge in [0, 0.05) is 37.1 Å². The number of hydrogen-bond donors (Lipinski definition) is 0. The summed E-state index contributed by atoms with van der Waals surface area (Å²) < 4.78 is 17.3. The van der Waals surface area contributed by atoms with Crippen molar-refractivity contribution in [2.45, 2.75) is 6.42 Å². The number of benzene rings is 1. The molecule has 1 saturated heterocycles. The fourth-order valence-electron chi connectivity index (χ4n) is 3.60. The molecule has 1 aliphatic rings. The van der Waals surface area contributed by atoms with Crippen molar-refractivity contribution < 1.29 is 19.0 Å². The van der Waals surface area contributed by atoms with E-state index in [9.17, 15) is 4.79 Å². The molecule has 0 saturated carbocycles. The minimum absolute atomic E-state index is 0.0858. The first-order chi connectivity index (χ1) is 15.7. The normalized spacial score (nSPS) is 14.8. The van der Waals surface area contributed by atoms with Crippen molar-refractivity contribution in [3.63, 3.8) is 0 Å². The van der Waals surface area contributed by atoms with Crippen molar-refractivity contribution in [2.24, 2.45) is 0 Å². The molecule has 1 amide bonds. The zero-order valence-electron chi connectivity index (χ0n) is 18.3. The fraction of sp³-hybridized carbons (Fsp3) is 0.391. The molecule has 3 heterocycles. The average Bonchev–Trinajstić information content (AvgIpc) is 3.50. The third kappa shape index (κ3) is 5.29. The van der Waals surface area contributed by atoms with E-state index >= 15 is 0 Å². The summed E-state index contributed by atoms with van der Waals surface area (Å²) in [7, 11) is 3.25. The lowest BCUT2D eigenvalue weighted by Gasteiger charge is -2.27. The summed E-state index contributed by atoms with van der Waals surface area (Å²) in [6.07, 6.45) is 4.33. The Kier molecular flexibility index (Phi) is 7.75. The third-order valence-electron chi connectivity index (χ3n) is 5.29. The van der Waals surface area contributed by atoms with Crippen molar-refractivity contribution in [2.75, 3.05) is 58.5 Å². The Hall–Kier alpha value is -2.46. The molecule has 0 aliphatic carbocycles. The van der Waals surface area contributed by atoms with Crippen LogP contribution in [0.5, 0.6) is 11.5 Å². The van der Waals surface area contributed by atoms with Crippen LogP contribution in [0.3, 0.4) is 0 Å². The first-order valence-electron chi connectivity index (χ1n) is 10.5. The summed E-state index contributed by atoms with van der Waals surface area (Å²) in [5, 5.41) is 2.64. The van der Waals surface area contributed by atoms with Gasteiger partial charge in [-0.05, 0) is 36.1 Å². The van der Waals surface area contributed by atoms with E-state index in [1.54, 1.807) is 36.5 Å². The van der Waals surface area contributed by atoms with Gasteiger partial charge in [-0.2, -0.15) is 0 Å². The van der Waals surface area contributed by atoms with Crippen LogP contribution in [0.25, 0.3) is 16.3 Å². The number of fused-ring (bicyclic) bond motifs is 1. The first kappa shape index (κ1) is 22.7. The van der Waals surface area contributed by atoms with Gasteiger partial charge in [0.1, 0.15) is 21.7 Å². The zero-order valence-corrected chi connectivity index (χ0v) is 19.9. The molecule has 4 rings (SSSR count). The molecule has 3 aromatic rings. The Morgan fingerprint density at radius 2 is 2.00 bits per heavy atom. The van der Waals surface area contributed by atoms with Crippen LogP contribution in [0.2, 0.25) is 0 Å². The van der Waals surface area contributed by atoms with Crippen molar-refractivity contribution >= 4 is 50.0 Å². The van der Waals surface area contributed by atoms with Crippen LogP contribution in [0.15, 0.2) is 35.7 Å². The lowest BCUT2D eigenvalue weighted by Crippen LogP contribution is -2.39. The van der Waals surface area contributed by atoms with E-state index in [-0.39, 0.29) is 5.91 Å². The van der Waals surface area contributed by atoms with Crippen LogP contribution in [-0.4, -0.2) is 69.4 Å². The lowest BCUT2D eigenvalue weighted by molar-refractivity contribution is -0.114. The minimum Gasteiger partial charge on any atom is -0.495 e. The van der Waals surface area contributed by atoms with E-state index < -0.39 is 0 Å². The van der Waals surface area contributed by atoms with Crippen LogP contribution >= 0.6 is 22.7 Å². The van der Waals surface area contributed by atoms with Crippen LogP contribution < -0.4 is 14.4 Å². The molecule has 0 bridgehead atoms. The SMILES string of the molecule is COc1ccc(OC)c2sc(N(CCCN3CCOCC3)C(=O)/C=C/c3cccs3)nc12. The van der Waals surface area contributed by atoms with Gasteiger partial charge >= 0.3 is 0 Å². The molecule has 0 atom stereocenters. The topological polar surface area (TPSA) is 64.1 Å². The Morgan fingerprint density at radius 3 is 2.72 bits per heavy atom. The van der Waals surface area contributed by atoms with Gasteiger partial charge < -0.3 is 14.2 Å². The largest absolute Gasteiger partial charge is 0.495 e. The molecule has 0 radical (unpaired) electrons. The van der Waals surface area contributed by atoms with Gasteiger partial charge in [0.15, 0.2) is 5.13 Å². The van der Waals surface area contributed by atoms with Gasteiger partial charge in [0.05, 0.1) is 27.4 Å². The Morgan fingerprint density at radius 1 is 1.22 bits per heavy atom. The number of amides is 1. The second kappa shape index (κ2) is 10.9. The number of carbonyl (C=O) groups is 1. The van der Waals surface area contributed by atoms with E-state index in [2.05, 4.69) is 4.90 Å². The van der Waals surface area contributed by atoms with Gasteiger partial charge in [-0.1, -0.05) is 17.4 Å². The predicted molar refractivity (Wildman–Crippen MR) is 130 cm³/mol. The molecular weight excluding hydrogens is 446 g/mol. The highest BCUT2D eigenvalue weighted by Gasteiger charge is 2.22. The monoisotopic (exact) mass is 473 g/mol. The highest BCUT2D eigenvalue weighted by molar-refractivity contribution is 7.22. The average molecular weight is 474 g/mol. The van der Waals surface area contributed by atoms with E-state index in [4.69, 9.17) is 19.2 Å². The maximum absolute atomic E-state index is 13.2. The molecule has 0 spiro atoms. The smallest absolute Gasteiger partial charge is 0.252 e. The molecular formula is C23H27N3O4S2. The third-order valence-corrected chi connectivity index (χ3v) is 7.22. The molecule has 170 valence electrons. The number of nitrogens with zero attached hydrogens (tertiary/aromatic N) is 3. The van der Waals surface area contributed by atoms with Crippen LogP contribution in [0.4, 0.5) is 5.13 Å². The van der Waals surface area contributed by atoms with E-state index in [1.165, 1.54) is 11.3 Å². The molecule has 1 fully saturated rings. The number of anilines is 1. The van der Waals surface area contributed by atoms with Gasteiger partial charge in [-0.15, -0.1) is 11.3 Å². The highest BCUT2D eigenvalue weighted by atomic mass is 32.1. The van der Waals surface area contributed by atoms with E-state index in [0.717, 1.165) is 54.6 Å². The molecule has 2 aromatic heterocycles. The maximum Gasteiger partial charge on any atom is 0.252 e. The standard InChI is InChI=1S/C23H27N3O4S2/c1-28-18-7-8-19(29-2)22-21(18)24-23(32-22)26(11-4-10-25-12-14-30-15-13-25)20(27)9-6-17-5-3-16-31-17/h3,5-9,16H,4,10-15H2,1-2H3/b9-6+. The number of carbonyl (C=O) groups excluding carboxylic acids is 1. The van der Waals surface area contributed by atoms with E-state index in [0.29, 0.717) is 22.9 Å². The van der Waals surface area contributed by atoms with Gasteiger partial charge in [-0.25, -0.2) is 4.98 Å². The molecule has 7 nitrogen and oxygen atoms in total. The van der Waals surface area contributed by atoms with Gasteiger partial charge in [0.2, 0.25) is 0 Å². The summed E-state index contributed by atoms with van der Waals surface area (Å²) in [5.41, 5.74) is 0.708. The second-order valence-corrected chi connectivity index (χ2v) is 9.25. The molecule has 32 heavy (non-hydrogen) atoms. The summed E-state index contributed by atoms with van der Waals surface area (Å²) in [6, 6.07) is 7.67. The maximum atomic E-state index is 13.2. The summed E-state index contributed by atoms with van der Waals surface area (Å²) in [6.45, 7) is 4.89. The number of methoxy groups -OCH3 is 2. The van der Waals surface area contributed by atoms with Crippen LogP contribution in [0.1, 0.15) is 11.3 Å².